The first-order chi connectivity index (χ1) is 30.3. The molecule has 5 aliphatic rings. The lowest BCUT2D eigenvalue weighted by Gasteiger charge is -2.40. The van der Waals surface area contributed by atoms with Crippen molar-refractivity contribution in [2.24, 2.45) is 4.99 Å². The molecule has 4 aliphatic heterocycles. The minimum absolute atomic E-state index is 0.129. The summed E-state index contributed by atoms with van der Waals surface area (Å²) in [5.74, 6) is -0.737. The zero-order valence-corrected chi connectivity index (χ0v) is 38.4. The lowest BCUT2D eigenvalue weighted by Crippen LogP contribution is -2.48. The van der Waals surface area contributed by atoms with Crippen molar-refractivity contribution in [1.82, 2.24) is 14.1 Å². The number of unbranched alkanes of at least 4 members (excludes halogenated alkanes) is 1. The second-order valence-corrected chi connectivity index (χ2v) is 20.5. The van der Waals surface area contributed by atoms with Crippen LogP contribution in [-0.2, 0) is 20.9 Å². The van der Waals surface area contributed by atoms with Crippen LogP contribution >= 0.6 is 0 Å². The third-order valence-electron chi connectivity index (χ3n) is 14.0. The Morgan fingerprint density at radius 1 is 0.698 bits per heavy atom. The topological polar surface area (TPSA) is 93.6 Å². The number of hydrogen-bond donors (Lipinski definition) is 0. The molecule has 0 N–H and O–H groups in total. The highest BCUT2D eigenvalue weighted by Crippen LogP contribution is 2.48. The van der Waals surface area contributed by atoms with Crippen molar-refractivity contribution in [3.05, 3.63) is 148 Å². The fraction of sp³-hybridized carbons (Fsp3) is 0.377. The van der Waals surface area contributed by atoms with E-state index in [1.54, 1.807) is 34.6 Å². The third kappa shape index (κ3) is 7.19. The third-order valence-corrected chi connectivity index (χ3v) is 15.9. The summed E-state index contributed by atoms with van der Waals surface area (Å²) >= 11 is 0. The lowest BCUT2D eigenvalue weighted by atomic mass is 9.81. The highest BCUT2D eigenvalue weighted by Gasteiger charge is 2.40. The van der Waals surface area contributed by atoms with E-state index in [0.717, 1.165) is 50.0 Å². The molecule has 326 valence electrons. The van der Waals surface area contributed by atoms with E-state index >= 15 is 0 Å². The molecule has 0 unspecified atom stereocenters. The van der Waals surface area contributed by atoms with Crippen LogP contribution in [0.3, 0.4) is 0 Å². The average Bonchev–Trinajstić information content (AvgIpc) is 3.67. The van der Waals surface area contributed by atoms with Crippen LogP contribution in [0.1, 0.15) is 112 Å². The Morgan fingerprint density at radius 3 is 2.14 bits per heavy atom. The molecular weight excluding hydrogens is 803 g/mol. The Bertz CT molecular complexity index is 2780. The van der Waals surface area contributed by atoms with Gasteiger partial charge in [-0.1, -0.05) is 109 Å². The van der Waals surface area contributed by atoms with Crippen LogP contribution in [0.5, 0.6) is 0 Å². The molecule has 2 amide bonds. The summed E-state index contributed by atoms with van der Waals surface area (Å²) < 4.78 is 30.9. The van der Waals surface area contributed by atoms with Crippen LogP contribution in [0.25, 0.3) is 10.8 Å². The number of amides is 2. The summed E-state index contributed by atoms with van der Waals surface area (Å²) in [6.07, 6.45) is 14.6. The van der Waals surface area contributed by atoms with Crippen molar-refractivity contribution in [3.63, 3.8) is 0 Å². The van der Waals surface area contributed by atoms with Gasteiger partial charge in [-0.25, -0.2) is 8.42 Å². The Morgan fingerprint density at radius 2 is 1.41 bits per heavy atom. The molecule has 1 aliphatic carbocycles. The van der Waals surface area contributed by atoms with Gasteiger partial charge in [-0.15, -0.1) is 0 Å². The van der Waals surface area contributed by atoms with Gasteiger partial charge in [0.15, 0.2) is 0 Å². The number of piperazine rings is 1. The number of carbonyl (C=O) groups excluding carboxylic acids is 2. The molecule has 0 atom stereocenters. The summed E-state index contributed by atoms with van der Waals surface area (Å²) in [6, 6.07) is 25.4. The van der Waals surface area contributed by atoms with E-state index < -0.39 is 10.0 Å². The number of carbonyl (C=O) groups is 2. The molecule has 1 fully saturated rings. The number of para-hydroxylation sites is 2. The van der Waals surface area contributed by atoms with E-state index in [1.165, 1.54) is 44.3 Å². The number of benzene rings is 4. The molecule has 0 bridgehead atoms. The van der Waals surface area contributed by atoms with E-state index in [9.17, 15) is 18.0 Å². The zero-order valence-electron chi connectivity index (χ0n) is 37.6. The lowest BCUT2D eigenvalue weighted by molar-refractivity contribution is 0.0608. The summed E-state index contributed by atoms with van der Waals surface area (Å²) in [6.45, 7) is 16.3. The van der Waals surface area contributed by atoms with Crippen molar-refractivity contribution in [2.75, 3.05) is 44.2 Å². The van der Waals surface area contributed by atoms with Gasteiger partial charge in [0.1, 0.15) is 0 Å². The number of allylic oxidation sites excluding steroid dienone is 7. The van der Waals surface area contributed by atoms with Crippen molar-refractivity contribution in [1.29, 1.82) is 0 Å². The number of rotatable bonds is 11. The molecule has 1 saturated heterocycles. The molecule has 0 radical (unpaired) electrons. The SMILES string of the molecule is CCCCN1C(=O)c2cccc3c(S(=O)(=O)N4CCN(C5=C(/C=C/C6=Nc7ccccc7C6(C)C)CCC/C5=C\C=C5\N(CCC)c6ccccc6C5(C)C)CC4)ccc(c23)C1=O. The summed E-state index contributed by atoms with van der Waals surface area (Å²) in [5.41, 5.74) is 11.2. The number of sulfonamides is 1. The second-order valence-electron chi connectivity index (χ2n) is 18.6. The molecule has 9 rings (SSSR count). The second kappa shape index (κ2) is 16.5. The van der Waals surface area contributed by atoms with Gasteiger partial charge in [0.05, 0.1) is 16.3 Å². The van der Waals surface area contributed by atoms with Crippen LogP contribution < -0.4 is 4.90 Å². The maximum Gasteiger partial charge on any atom is 0.261 e. The fourth-order valence-corrected chi connectivity index (χ4v) is 12.1. The Labute approximate surface area is 373 Å². The first-order valence-corrected chi connectivity index (χ1v) is 24.3. The molecule has 4 heterocycles. The molecule has 0 aromatic heterocycles. The highest BCUT2D eigenvalue weighted by molar-refractivity contribution is 7.89. The number of fused-ring (bicyclic) bond motifs is 2. The molecule has 10 heteroatoms. The largest absolute Gasteiger partial charge is 0.368 e. The number of aliphatic imine (C=N–C) groups is 1. The minimum Gasteiger partial charge on any atom is -0.368 e. The molecule has 63 heavy (non-hydrogen) atoms. The normalized spacial score (nSPS) is 21.0. The minimum atomic E-state index is -3.99. The van der Waals surface area contributed by atoms with E-state index in [0.29, 0.717) is 61.0 Å². The van der Waals surface area contributed by atoms with Crippen LogP contribution in [0.2, 0.25) is 0 Å². The highest BCUT2D eigenvalue weighted by atomic mass is 32.2. The Balaban J connectivity index is 1.06. The van der Waals surface area contributed by atoms with Crippen molar-refractivity contribution in [2.45, 2.75) is 95.8 Å². The average molecular weight is 862 g/mol. The maximum absolute atomic E-state index is 14.7. The van der Waals surface area contributed by atoms with Crippen molar-refractivity contribution < 1.29 is 18.0 Å². The first kappa shape index (κ1) is 42.7. The van der Waals surface area contributed by atoms with Gasteiger partial charge in [-0.05, 0) is 96.9 Å². The maximum atomic E-state index is 14.7. The predicted molar refractivity (Wildman–Crippen MR) is 254 cm³/mol. The molecule has 9 nitrogen and oxygen atoms in total. The molecule has 4 aromatic rings. The number of imide groups is 1. The van der Waals surface area contributed by atoms with Gasteiger partial charge < -0.3 is 9.80 Å². The van der Waals surface area contributed by atoms with E-state index in [4.69, 9.17) is 4.99 Å². The van der Waals surface area contributed by atoms with Gasteiger partial charge >= 0.3 is 0 Å². The fourth-order valence-electron chi connectivity index (χ4n) is 10.5. The van der Waals surface area contributed by atoms with Crippen LogP contribution in [-0.4, -0.2) is 79.3 Å². The quantitative estimate of drug-likeness (QED) is 0.139. The van der Waals surface area contributed by atoms with Gasteiger partial charge in [-0.2, -0.15) is 4.31 Å². The summed E-state index contributed by atoms with van der Waals surface area (Å²) in [5, 5.41) is 0.843. The predicted octanol–water partition coefficient (Wildman–Crippen LogP) is 10.6. The summed E-state index contributed by atoms with van der Waals surface area (Å²) in [7, 11) is -3.99. The standard InChI is InChI=1S/C53H59N5O4S/c1-7-9-31-58-50(59)39-19-15-18-38-45(27-26-40(48(38)39)51(58)60)63(61,62)56-34-32-55(33-35-56)49-36(24-28-46-52(3,4)41-20-10-12-22-43(41)54-46)16-14-17-37(49)25-29-47-53(5,6)42-21-11-13-23-44(42)57(47)30-8-2/h10-13,15,18-29H,7-9,14,16-17,30-35H2,1-6H3/b28-24+,37-25+,47-29+. The Hall–Kier alpha value is -5.58. The zero-order chi connectivity index (χ0) is 44.3. The van der Waals surface area contributed by atoms with Crippen molar-refractivity contribution >= 4 is 49.7 Å². The van der Waals surface area contributed by atoms with Crippen LogP contribution in [0.4, 0.5) is 11.4 Å². The van der Waals surface area contributed by atoms with Crippen molar-refractivity contribution in [3.8, 4) is 0 Å². The van der Waals surface area contributed by atoms with Crippen LogP contribution in [0, 0.1) is 0 Å². The molecule has 0 spiro atoms. The first-order valence-electron chi connectivity index (χ1n) is 22.8. The number of anilines is 1. The monoisotopic (exact) mass is 861 g/mol. The molecular formula is C53H59N5O4S. The number of nitrogens with zero attached hydrogens (tertiary/aromatic N) is 5. The summed E-state index contributed by atoms with van der Waals surface area (Å²) in [4.78, 5) is 38.6. The molecule has 0 saturated carbocycles. The smallest absolute Gasteiger partial charge is 0.261 e. The van der Waals surface area contributed by atoms with E-state index in [1.807, 2.05) is 13.0 Å². The Kier molecular flexibility index (Phi) is 11.2. The van der Waals surface area contributed by atoms with Gasteiger partial charge in [0.2, 0.25) is 10.0 Å². The van der Waals surface area contributed by atoms with Gasteiger partial charge in [-0.3, -0.25) is 19.5 Å². The van der Waals surface area contributed by atoms with Crippen LogP contribution in [0.15, 0.2) is 136 Å². The van der Waals surface area contributed by atoms with E-state index in [-0.39, 0.29) is 27.5 Å². The van der Waals surface area contributed by atoms with E-state index in [2.05, 4.69) is 111 Å². The van der Waals surface area contributed by atoms with Gasteiger partial charge in [0, 0.05) is 89.1 Å². The number of hydrogen-bond acceptors (Lipinski definition) is 7. The van der Waals surface area contributed by atoms with Gasteiger partial charge in [0.25, 0.3) is 11.8 Å². The molecule has 4 aromatic carbocycles.